The number of hydrogen-bond acceptors (Lipinski definition) is 3. The molecule has 2 aliphatic rings. The molecule has 0 aliphatic carbocycles. The van der Waals surface area contributed by atoms with E-state index in [1.54, 1.807) is 11.8 Å². The van der Waals surface area contributed by atoms with Gasteiger partial charge < -0.3 is 10.2 Å². The zero-order valence-electron chi connectivity index (χ0n) is 12.6. The molecule has 4 heteroatoms. The molecule has 19 heavy (non-hydrogen) atoms. The van der Waals surface area contributed by atoms with Gasteiger partial charge in [-0.1, -0.05) is 20.8 Å². The fourth-order valence-corrected chi connectivity index (χ4v) is 3.91. The Labute approximate surface area is 121 Å². The van der Waals surface area contributed by atoms with E-state index in [9.17, 15) is 4.79 Å². The summed E-state index contributed by atoms with van der Waals surface area (Å²) < 4.78 is 0.176. The maximum atomic E-state index is 12.4. The molecule has 1 N–H and O–H groups in total. The Morgan fingerprint density at radius 1 is 1.32 bits per heavy atom. The highest BCUT2D eigenvalue weighted by molar-refractivity contribution is 8.01. The van der Waals surface area contributed by atoms with E-state index >= 15 is 0 Å². The van der Waals surface area contributed by atoms with E-state index in [4.69, 9.17) is 0 Å². The van der Waals surface area contributed by atoms with Gasteiger partial charge in [-0.3, -0.25) is 4.79 Å². The first-order chi connectivity index (χ1) is 8.90. The van der Waals surface area contributed by atoms with Gasteiger partial charge in [-0.05, 0) is 32.2 Å². The van der Waals surface area contributed by atoms with Gasteiger partial charge in [0.05, 0.1) is 5.75 Å². The van der Waals surface area contributed by atoms with Crippen molar-refractivity contribution in [3.05, 3.63) is 0 Å². The van der Waals surface area contributed by atoms with Crippen LogP contribution in [0.3, 0.4) is 0 Å². The summed E-state index contributed by atoms with van der Waals surface area (Å²) >= 11 is 1.76. The lowest BCUT2D eigenvalue weighted by molar-refractivity contribution is -0.132. The van der Waals surface area contributed by atoms with Gasteiger partial charge in [0, 0.05) is 29.8 Å². The summed E-state index contributed by atoms with van der Waals surface area (Å²) in [6, 6.07) is 0. The van der Waals surface area contributed by atoms with Gasteiger partial charge in [0.1, 0.15) is 0 Å². The van der Waals surface area contributed by atoms with E-state index in [0.717, 1.165) is 26.2 Å². The molecule has 3 nitrogen and oxygen atoms in total. The van der Waals surface area contributed by atoms with Crippen LogP contribution in [0.25, 0.3) is 0 Å². The van der Waals surface area contributed by atoms with E-state index < -0.39 is 0 Å². The van der Waals surface area contributed by atoms with Crippen molar-refractivity contribution in [2.75, 3.05) is 31.9 Å². The molecule has 1 spiro atoms. The van der Waals surface area contributed by atoms with Crippen molar-refractivity contribution in [2.24, 2.45) is 5.41 Å². The smallest absolute Gasteiger partial charge is 0.232 e. The van der Waals surface area contributed by atoms with Gasteiger partial charge in [0.2, 0.25) is 5.91 Å². The summed E-state index contributed by atoms with van der Waals surface area (Å²) in [5, 5.41) is 3.52. The average molecular weight is 284 g/mol. The first-order valence-electron chi connectivity index (χ1n) is 7.53. The van der Waals surface area contributed by atoms with E-state index in [2.05, 4.69) is 31.0 Å². The van der Waals surface area contributed by atoms with Crippen LogP contribution in [0.5, 0.6) is 0 Å². The van der Waals surface area contributed by atoms with Crippen LogP contribution in [0.15, 0.2) is 0 Å². The Morgan fingerprint density at radius 2 is 2.05 bits per heavy atom. The summed E-state index contributed by atoms with van der Waals surface area (Å²) in [6.07, 6.45) is 5.01. The number of amides is 1. The molecule has 0 aromatic heterocycles. The van der Waals surface area contributed by atoms with Crippen LogP contribution in [-0.4, -0.2) is 47.5 Å². The first-order valence-corrected chi connectivity index (χ1v) is 8.51. The SMILES string of the molecule is CC(C)(C)SCC(=O)N1CCCC2(CCCNC2)C1. The number of rotatable bonds is 2. The van der Waals surface area contributed by atoms with E-state index in [-0.39, 0.29) is 4.75 Å². The highest BCUT2D eigenvalue weighted by Gasteiger charge is 2.37. The number of likely N-dealkylation sites (tertiary alicyclic amines) is 1. The van der Waals surface area contributed by atoms with Crippen LogP contribution in [0.4, 0.5) is 0 Å². The molecule has 2 fully saturated rings. The largest absolute Gasteiger partial charge is 0.341 e. The fraction of sp³-hybridized carbons (Fsp3) is 0.933. The van der Waals surface area contributed by atoms with Crippen molar-refractivity contribution in [3.63, 3.8) is 0 Å². The van der Waals surface area contributed by atoms with Crippen molar-refractivity contribution in [2.45, 2.75) is 51.2 Å². The van der Waals surface area contributed by atoms with E-state index in [0.29, 0.717) is 17.1 Å². The predicted octanol–water partition coefficient (Wildman–Crippen LogP) is 2.51. The number of nitrogens with zero attached hydrogens (tertiary/aromatic N) is 1. The second-order valence-electron chi connectivity index (χ2n) is 7.10. The Hall–Kier alpha value is -0.220. The van der Waals surface area contributed by atoms with E-state index in [1.165, 1.54) is 25.7 Å². The number of piperidine rings is 2. The first kappa shape index (κ1) is 15.2. The Balaban J connectivity index is 1.88. The lowest BCUT2D eigenvalue weighted by Gasteiger charge is -2.45. The van der Waals surface area contributed by atoms with Crippen molar-refractivity contribution in [1.29, 1.82) is 0 Å². The Morgan fingerprint density at radius 3 is 2.68 bits per heavy atom. The van der Waals surface area contributed by atoms with Crippen LogP contribution in [0.1, 0.15) is 46.5 Å². The average Bonchev–Trinajstić information content (AvgIpc) is 2.36. The third-order valence-corrected chi connectivity index (χ3v) is 5.46. The summed E-state index contributed by atoms with van der Waals surface area (Å²) in [7, 11) is 0. The van der Waals surface area contributed by atoms with Crippen molar-refractivity contribution < 1.29 is 4.79 Å². The fourth-order valence-electron chi connectivity index (χ4n) is 3.17. The molecule has 1 atom stereocenters. The van der Waals surface area contributed by atoms with Crippen molar-refractivity contribution >= 4 is 17.7 Å². The van der Waals surface area contributed by atoms with Crippen LogP contribution < -0.4 is 5.32 Å². The zero-order chi connectivity index (χ0) is 13.9. The van der Waals surface area contributed by atoms with Crippen LogP contribution in [0.2, 0.25) is 0 Å². The van der Waals surface area contributed by atoms with Gasteiger partial charge in [-0.15, -0.1) is 11.8 Å². The molecule has 110 valence electrons. The summed E-state index contributed by atoms with van der Waals surface area (Å²) in [5.74, 6) is 0.970. The molecule has 0 bridgehead atoms. The predicted molar refractivity (Wildman–Crippen MR) is 82.6 cm³/mol. The van der Waals surface area contributed by atoms with Crippen molar-refractivity contribution in [1.82, 2.24) is 10.2 Å². The zero-order valence-corrected chi connectivity index (χ0v) is 13.4. The van der Waals surface area contributed by atoms with Gasteiger partial charge in [0.25, 0.3) is 0 Å². The quantitative estimate of drug-likeness (QED) is 0.845. The number of nitrogens with one attached hydrogen (secondary N) is 1. The summed E-state index contributed by atoms with van der Waals surface area (Å²) in [5.41, 5.74) is 0.374. The Kier molecular flexibility index (Phi) is 4.83. The minimum atomic E-state index is 0.176. The third-order valence-electron chi connectivity index (χ3n) is 4.20. The minimum absolute atomic E-state index is 0.176. The van der Waals surface area contributed by atoms with Gasteiger partial charge in [-0.25, -0.2) is 0 Å². The highest BCUT2D eigenvalue weighted by Crippen LogP contribution is 2.36. The number of hydrogen-bond donors (Lipinski definition) is 1. The number of carbonyl (C=O) groups is 1. The molecule has 0 aromatic rings. The van der Waals surface area contributed by atoms with Crippen LogP contribution in [-0.2, 0) is 4.79 Å². The Bertz CT molecular complexity index is 313. The maximum Gasteiger partial charge on any atom is 0.232 e. The standard InChI is InChI=1S/C15H28N2OS/c1-14(2,3)19-10-13(18)17-9-5-7-15(12-17)6-4-8-16-11-15/h16H,4-12H2,1-3H3. The molecular formula is C15H28N2OS. The monoisotopic (exact) mass is 284 g/mol. The molecule has 2 saturated heterocycles. The van der Waals surface area contributed by atoms with Crippen LogP contribution >= 0.6 is 11.8 Å². The van der Waals surface area contributed by atoms with Crippen molar-refractivity contribution in [3.8, 4) is 0 Å². The lowest BCUT2D eigenvalue weighted by atomic mass is 9.74. The maximum absolute atomic E-state index is 12.4. The molecule has 1 unspecified atom stereocenters. The van der Waals surface area contributed by atoms with E-state index in [1.807, 2.05) is 0 Å². The molecule has 1 amide bonds. The summed E-state index contributed by atoms with van der Waals surface area (Å²) in [6.45, 7) is 10.7. The number of thioether (sulfide) groups is 1. The number of carbonyl (C=O) groups excluding carboxylic acids is 1. The molecule has 2 heterocycles. The molecule has 2 aliphatic heterocycles. The lowest BCUT2D eigenvalue weighted by Crippen LogP contribution is -2.53. The molecular weight excluding hydrogens is 256 g/mol. The second kappa shape index (κ2) is 6.04. The van der Waals surface area contributed by atoms with Crippen LogP contribution in [0, 0.1) is 5.41 Å². The van der Waals surface area contributed by atoms with Gasteiger partial charge in [0.15, 0.2) is 0 Å². The van der Waals surface area contributed by atoms with Gasteiger partial charge >= 0.3 is 0 Å². The summed E-state index contributed by atoms with van der Waals surface area (Å²) in [4.78, 5) is 14.5. The highest BCUT2D eigenvalue weighted by atomic mass is 32.2. The minimum Gasteiger partial charge on any atom is -0.341 e. The molecule has 0 aromatic carbocycles. The molecule has 0 radical (unpaired) electrons. The van der Waals surface area contributed by atoms with Gasteiger partial charge in [-0.2, -0.15) is 0 Å². The normalized spacial score (nSPS) is 28.7. The third kappa shape index (κ3) is 4.38. The molecule has 2 rings (SSSR count). The second-order valence-corrected chi connectivity index (χ2v) is 8.90. The molecule has 0 saturated carbocycles. The topological polar surface area (TPSA) is 32.3 Å².